The van der Waals surface area contributed by atoms with Crippen LogP contribution in [0.15, 0.2) is 0 Å². The van der Waals surface area contributed by atoms with Crippen LogP contribution in [0.5, 0.6) is 0 Å². The van der Waals surface area contributed by atoms with Crippen molar-refractivity contribution in [3.8, 4) is 0 Å². The third-order valence-corrected chi connectivity index (χ3v) is 4.60. The molecule has 0 aromatic carbocycles. The Morgan fingerprint density at radius 1 is 1.26 bits per heavy atom. The second kappa shape index (κ2) is 8.11. The van der Waals surface area contributed by atoms with Crippen LogP contribution in [0.3, 0.4) is 0 Å². The summed E-state index contributed by atoms with van der Waals surface area (Å²) in [5.74, 6) is 2.49. The molecule has 0 spiro atoms. The van der Waals surface area contributed by atoms with Gasteiger partial charge in [0.2, 0.25) is 5.91 Å². The minimum atomic E-state index is 0. The number of amides is 1. The van der Waals surface area contributed by atoms with Gasteiger partial charge in [0.1, 0.15) is 0 Å². The molecule has 2 rings (SSSR count). The molecule has 1 aliphatic heterocycles. The van der Waals surface area contributed by atoms with Crippen LogP contribution in [0.2, 0.25) is 0 Å². The molecule has 112 valence electrons. The van der Waals surface area contributed by atoms with Crippen molar-refractivity contribution in [2.45, 2.75) is 46.0 Å². The van der Waals surface area contributed by atoms with Gasteiger partial charge in [-0.05, 0) is 63.5 Å². The molecule has 0 bridgehead atoms. The number of halogens is 1. The molecule has 0 aromatic rings. The summed E-state index contributed by atoms with van der Waals surface area (Å²) in [6.07, 6.45) is 5.89. The van der Waals surface area contributed by atoms with E-state index in [0.29, 0.717) is 11.8 Å². The van der Waals surface area contributed by atoms with Gasteiger partial charge in [0, 0.05) is 19.5 Å². The van der Waals surface area contributed by atoms with Crippen molar-refractivity contribution in [1.82, 2.24) is 10.2 Å². The van der Waals surface area contributed by atoms with Gasteiger partial charge in [-0.25, -0.2) is 0 Å². The number of nitrogens with zero attached hydrogens (tertiary/aromatic N) is 1. The third kappa shape index (κ3) is 5.31. The van der Waals surface area contributed by atoms with E-state index in [2.05, 4.69) is 24.1 Å². The summed E-state index contributed by atoms with van der Waals surface area (Å²) < 4.78 is 0. The molecule has 1 N–H and O–H groups in total. The van der Waals surface area contributed by atoms with E-state index in [1.165, 1.54) is 25.7 Å². The van der Waals surface area contributed by atoms with E-state index in [-0.39, 0.29) is 12.4 Å². The number of hydrogen-bond donors (Lipinski definition) is 1. The molecular weight excluding hydrogens is 260 g/mol. The summed E-state index contributed by atoms with van der Waals surface area (Å²) in [4.78, 5) is 14.4. The van der Waals surface area contributed by atoms with E-state index in [1.54, 1.807) is 0 Å². The van der Waals surface area contributed by atoms with E-state index >= 15 is 0 Å². The number of carbonyl (C=O) groups excluding carboxylic acids is 1. The van der Waals surface area contributed by atoms with Crippen LogP contribution in [0.4, 0.5) is 0 Å². The molecule has 1 saturated heterocycles. The maximum Gasteiger partial charge on any atom is 0.222 e. The maximum atomic E-state index is 12.3. The van der Waals surface area contributed by atoms with Gasteiger partial charge in [0.05, 0.1) is 0 Å². The van der Waals surface area contributed by atoms with Gasteiger partial charge in [-0.2, -0.15) is 0 Å². The molecule has 0 radical (unpaired) electrons. The van der Waals surface area contributed by atoms with Gasteiger partial charge >= 0.3 is 0 Å². The van der Waals surface area contributed by atoms with Crippen molar-refractivity contribution in [3.63, 3.8) is 0 Å². The number of nitrogens with one attached hydrogen (secondary N) is 1. The minimum Gasteiger partial charge on any atom is -0.343 e. The van der Waals surface area contributed by atoms with Crippen molar-refractivity contribution >= 4 is 18.3 Å². The van der Waals surface area contributed by atoms with Crippen molar-refractivity contribution in [3.05, 3.63) is 0 Å². The largest absolute Gasteiger partial charge is 0.343 e. The topological polar surface area (TPSA) is 32.3 Å². The molecule has 1 atom stereocenters. The molecule has 2 aliphatic rings. The Morgan fingerprint density at radius 2 is 1.89 bits per heavy atom. The Morgan fingerprint density at radius 3 is 2.42 bits per heavy atom. The molecule has 1 unspecified atom stereocenters. The predicted molar refractivity (Wildman–Crippen MR) is 81.6 cm³/mol. The van der Waals surface area contributed by atoms with Crippen LogP contribution in [0.1, 0.15) is 46.0 Å². The molecule has 3 nitrogen and oxygen atoms in total. The first-order chi connectivity index (χ1) is 8.70. The average molecular weight is 289 g/mol. The lowest BCUT2D eigenvalue weighted by molar-refractivity contribution is -0.132. The summed E-state index contributed by atoms with van der Waals surface area (Å²) in [5, 5.41) is 3.40. The molecule has 1 amide bonds. The highest BCUT2D eigenvalue weighted by Gasteiger charge is 2.28. The standard InChI is InChI=1S/C15H28N2O.ClH/c1-3-17(11-13-4-5-13)15(18)10-12(2)14-6-8-16-9-7-14;/h12-14,16H,3-11H2,1-2H3;1H. The summed E-state index contributed by atoms with van der Waals surface area (Å²) in [6, 6.07) is 0. The van der Waals surface area contributed by atoms with E-state index in [0.717, 1.165) is 44.4 Å². The zero-order chi connectivity index (χ0) is 13.0. The van der Waals surface area contributed by atoms with Crippen molar-refractivity contribution < 1.29 is 4.79 Å². The number of piperidine rings is 1. The van der Waals surface area contributed by atoms with Gasteiger partial charge in [0.15, 0.2) is 0 Å². The van der Waals surface area contributed by atoms with Gasteiger partial charge < -0.3 is 10.2 Å². The number of hydrogen-bond acceptors (Lipinski definition) is 2. The summed E-state index contributed by atoms with van der Waals surface area (Å²) in [6.45, 7) is 8.52. The molecule has 1 heterocycles. The highest BCUT2D eigenvalue weighted by atomic mass is 35.5. The van der Waals surface area contributed by atoms with Crippen LogP contribution in [0, 0.1) is 17.8 Å². The molecular formula is C15H29ClN2O. The lowest BCUT2D eigenvalue weighted by Crippen LogP contribution is -2.36. The van der Waals surface area contributed by atoms with Crippen LogP contribution < -0.4 is 5.32 Å². The molecule has 1 saturated carbocycles. The molecule has 2 fully saturated rings. The predicted octanol–water partition coefficient (Wildman–Crippen LogP) is 2.69. The fourth-order valence-electron chi connectivity index (χ4n) is 3.00. The van der Waals surface area contributed by atoms with Gasteiger partial charge in [0.25, 0.3) is 0 Å². The molecule has 1 aliphatic carbocycles. The van der Waals surface area contributed by atoms with Gasteiger partial charge in [-0.15, -0.1) is 12.4 Å². The number of rotatable bonds is 6. The first-order valence-corrected chi connectivity index (χ1v) is 7.69. The van der Waals surface area contributed by atoms with Crippen molar-refractivity contribution in [2.75, 3.05) is 26.2 Å². The summed E-state index contributed by atoms with van der Waals surface area (Å²) in [5.41, 5.74) is 0. The summed E-state index contributed by atoms with van der Waals surface area (Å²) >= 11 is 0. The lowest BCUT2D eigenvalue weighted by Gasteiger charge is -2.30. The van der Waals surface area contributed by atoms with E-state index < -0.39 is 0 Å². The van der Waals surface area contributed by atoms with Gasteiger partial charge in [-0.3, -0.25) is 4.79 Å². The third-order valence-electron chi connectivity index (χ3n) is 4.60. The van der Waals surface area contributed by atoms with Crippen LogP contribution in [-0.4, -0.2) is 37.0 Å². The van der Waals surface area contributed by atoms with Crippen molar-refractivity contribution in [1.29, 1.82) is 0 Å². The smallest absolute Gasteiger partial charge is 0.222 e. The molecule has 19 heavy (non-hydrogen) atoms. The van der Waals surface area contributed by atoms with Crippen LogP contribution >= 0.6 is 12.4 Å². The van der Waals surface area contributed by atoms with Crippen LogP contribution in [-0.2, 0) is 4.79 Å². The second-order valence-corrected chi connectivity index (χ2v) is 6.14. The first-order valence-electron chi connectivity index (χ1n) is 7.69. The number of carbonyl (C=O) groups is 1. The normalized spacial score (nSPS) is 21.6. The van der Waals surface area contributed by atoms with Crippen molar-refractivity contribution in [2.24, 2.45) is 17.8 Å². The fourth-order valence-corrected chi connectivity index (χ4v) is 3.00. The second-order valence-electron chi connectivity index (χ2n) is 6.14. The van der Waals surface area contributed by atoms with Crippen LogP contribution in [0.25, 0.3) is 0 Å². The monoisotopic (exact) mass is 288 g/mol. The minimum absolute atomic E-state index is 0. The molecule has 0 aromatic heterocycles. The Kier molecular flexibility index (Phi) is 7.16. The van der Waals surface area contributed by atoms with E-state index in [9.17, 15) is 4.79 Å². The Labute approximate surface area is 123 Å². The molecule has 4 heteroatoms. The zero-order valence-electron chi connectivity index (χ0n) is 12.4. The zero-order valence-corrected chi connectivity index (χ0v) is 13.2. The SMILES string of the molecule is CCN(CC1CC1)C(=O)CC(C)C1CCNCC1.Cl. The highest BCUT2D eigenvalue weighted by Crippen LogP contribution is 2.30. The Balaban J connectivity index is 0.00000180. The first kappa shape index (κ1) is 16.8. The quantitative estimate of drug-likeness (QED) is 0.815. The van der Waals surface area contributed by atoms with E-state index in [1.807, 2.05) is 0 Å². The highest BCUT2D eigenvalue weighted by molar-refractivity contribution is 5.85. The summed E-state index contributed by atoms with van der Waals surface area (Å²) in [7, 11) is 0. The fraction of sp³-hybridized carbons (Fsp3) is 0.933. The average Bonchev–Trinajstić information content (AvgIpc) is 3.20. The Hall–Kier alpha value is -0.280. The lowest BCUT2D eigenvalue weighted by atomic mass is 9.84. The van der Waals surface area contributed by atoms with Gasteiger partial charge in [-0.1, -0.05) is 6.92 Å². The Bertz CT molecular complexity index is 275. The van der Waals surface area contributed by atoms with E-state index in [4.69, 9.17) is 0 Å². The maximum absolute atomic E-state index is 12.3.